The zero-order valence-electron chi connectivity index (χ0n) is 19.4. The quantitative estimate of drug-likeness (QED) is 0.310. The SMILES string of the molecule is Cc1cc(C)c(-[n+]2ccc(-c3cc[n+](C4(CP(=O)(O)O)C=CC=CC4)cc3)cc2)c(C)c1.[Cl-].[Cl-]. The molecule has 2 aromatic heterocycles. The molecule has 0 radical (unpaired) electrons. The Balaban J connectivity index is 0.00000204. The van der Waals surface area contributed by atoms with Crippen LogP contribution in [-0.4, -0.2) is 15.9 Å². The lowest BCUT2D eigenvalue weighted by Gasteiger charge is -2.26. The van der Waals surface area contributed by atoms with E-state index in [9.17, 15) is 14.4 Å². The summed E-state index contributed by atoms with van der Waals surface area (Å²) in [6.45, 7) is 6.38. The Morgan fingerprint density at radius 1 is 0.882 bits per heavy atom. The van der Waals surface area contributed by atoms with Gasteiger partial charge in [-0.1, -0.05) is 23.8 Å². The fourth-order valence-electron chi connectivity index (χ4n) is 4.66. The molecule has 0 aliphatic heterocycles. The first kappa shape index (κ1) is 28.0. The Bertz CT molecular complexity index is 1230. The lowest BCUT2D eigenvalue weighted by Crippen LogP contribution is -3.00. The molecule has 1 atom stereocenters. The van der Waals surface area contributed by atoms with Gasteiger partial charge in [0.05, 0.1) is 0 Å². The summed E-state index contributed by atoms with van der Waals surface area (Å²) in [6.07, 6.45) is 15.9. The van der Waals surface area contributed by atoms with E-state index in [4.69, 9.17) is 0 Å². The number of allylic oxidation sites excluding steroid dienone is 4. The molecule has 2 N–H and O–H groups in total. The van der Waals surface area contributed by atoms with Crippen LogP contribution in [0.5, 0.6) is 0 Å². The highest BCUT2D eigenvalue weighted by molar-refractivity contribution is 7.51. The Hall–Kier alpha value is -2.27. The molecule has 3 aromatic rings. The summed E-state index contributed by atoms with van der Waals surface area (Å²) in [7, 11) is -4.19. The van der Waals surface area contributed by atoms with E-state index >= 15 is 0 Å². The summed E-state index contributed by atoms with van der Waals surface area (Å²) in [6, 6.07) is 12.6. The van der Waals surface area contributed by atoms with Crippen molar-refractivity contribution in [1.82, 2.24) is 0 Å². The Kier molecular flexibility index (Phi) is 9.04. The van der Waals surface area contributed by atoms with Crippen molar-refractivity contribution in [2.45, 2.75) is 32.7 Å². The van der Waals surface area contributed by atoms with Crippen molar-refractivity contribution in [1.29, 1.82) is 0 Å². The van der Waals surface area contributed by atoms with Crippen LogP contribution in [0.15, 0.2) is 85.5 Å². The molecule has 1 aliphatic rings. The van der Waals surface area contributed by atoms with E-state index in [1.165, 1.54) is 22.4 Å². The van der Waals surface area contributed by atoms with Gasteiger partial charge in [-0.25, -0.2) is 0 Å². The van der Waals surface area contributed by atoms with Gasteiger partial charge in [-0.3, -0.25) is 4.57 Å². The molecule has 5 nitrogen and oxygen atoms in total. The van der Waals surface area contributed by atoms with Gasteiger partial charge in [-0.05, 0) is 50.1 Å². The number of nitrogens with zero attached hydrogens (tertiary/aromatic N) is 2. The molecule has 1 unspecified atom stereocenters. The van der Waals surface area contributed by atoms with Gasteiger partial charge in [0.15, 0.2) is 24.8 Å². The standard InChI is InChI=1S/C26H27N2O3P.2ClH/c1-20-17-21(2)25(22(3)18-20)27-13-7-23(8-14-27)24-9-15-28(16-10-24)26(19-32(29,30)31)11-5-4-6-12-26;;/h4-11,13-18H,12,19H2,1-3H3;2*1H. The Morgan fingerprint density at radius 3 is 1.88 bits per heavy atom. The van der Waals surface area contributed by atoms with Crippen LogP contribution in [0, 0.1) is 20.8 Å². The monoisotopic (exact) mass is 518 g/mol. The van der Waals surface area contributed by atoms with Crippen LogP contribution >= 0.6 is 7.60 Å². The van der Waals surface area contributed by atoms with Gasteiger partial charge in [-0.15, -0.1) is 0 Å². The molecule has 0 spiro atoms. The summed E-state index contributed by atoms with van der Waals surface area (Å²) in [5.74, 6) is 0. The van der Waals surface area contributed by atoms with Crippen LogP contribution in [-0.2, 0) is 10.1 Å². The largest absolute Gasteiger partial charge is 1.00 e. The number of hydrogen-bond donors (Lipinski definition) is 2. The second-order valence-electron chi connectivity index (χ2n) is 8.65. The van der Waals surface area contributed by atoms with E-state index in [2.05, 4.69) is 62.0 Å². The maximum atomic E-state index is 11.8. The van der Waals surface area contributed by atoms with Crippen molar-refractivity contribution in [2.75, 3.05) is 6.16 Å². The number of halogens is 2. The normalized spacial score (nSPS) is 17.1. The molecule has 0 saturated heterocycles. The molecular formula is C26H29Cl2N2O3P. The zero-order valence-corrected chi connectivity index (χ0v) is 21.8. The molecule has 180 valence electrons. The van der Waals surface area contributed by atoms with Crippen LogP contribution in [0.3, 0.4) is 0 Å². The highest BCUT2D eigenvalue weighted by Crippen LogP contribution is 2.42. The third-order valence-corrected chi connectivity index (χ3v) is 6.96. The van der Waals surface area contributed by atoms with Gasteiger partial charge in [0.2, 0.25) is 11.2 Å². The fraction of sp³-hybridized carbons (Fsp3) is 0.231. The van der Waals surface area contributed by atoms with E-state index < -0.39 is 13.1 Å². The minimum absolute atomic E-state index is 0. The molecule has 0 saturated carbocycles. The first-order valence-corrected chi connectivity index (χ1v) is 12.5. The number of aryl methyl sites for hydroxylation is 3. The molecule has 0 amide bonds. The molecule has 0 fully saturated rings. The van der Waals surface area contributed by atoms with Crippen LogP contribution in [0.25, 0.3) is 16.8 Å². The second-order valence-corrected chi connectivity index (χ2v) is 10.3. The molecule has 1 aliphatic carbocycles. The predicted molar refractivity (Wildman–Crippen MR) is 126 cm³/mol. The van der Waals surface area contributed by atoms with Crippen molar-refractivity contribution in [3.8, 4) is 16.8 Å². The molecule has 4 rings (SSSR count). The molecule has 0 bridgehead atoms. The minimum atomic E-state index is -4.19. The van der Waals surface area contributed by atoms with E-state index in [1.807, 2.05) is 53.4 Å². The van der Waals surface area contributed by atoms with Crippen LogP contribution < -0.4 is 33.9 Å². The molecule has 2 heterocycles. The van der Waals surface area contributed by atoms with Crippen molar-refractivity contribution in [3.05, 3.63) is 102 Å². The van der Waals surface area contributed by atoms with E-state index in [1.54, 1.807) is 0 Å². The number of aromatic nitrogens is 2. The summed E-state index contributed by atoms with van der Waals surface area (Å²) in [4.78, 5) is 19.3. The average Bonchev–Trinajstić information content (AvgIpc) is 2.73. The third-order valence-electron chi connectivity index (χ3n) is 6.00. The van der Waals surface area contributed by atoms with Crippen molar-refractivity contribution >= 4 is 7.60 Å². The molecular weight excluding hydrogens is 490 g/mol. The summed E-state index contributed by atoms with van der Waals surface area (Å²) < 4.78 is 15.8. The maximum Gasteiger partial charge on any atom is 0.332 e. The third kappa shape index (κ3) is 6.04. The zero-order chi connectivity index (χ0) is 22.9. The lowest BCUT2D eigenvalue weighted by molar-refractivity contribution is -0.747. The predicted octanol–water partition coefficient (Wildman–Crippen LogP) is -1.76. The smallest absolute Gasteiger partial charge is 0.332 e. The topological polar surface area (TPSA) is 65.3 Å². The molecule has 8 heteroatoms. The van der Waals surface area contributed by atoms with Crippen molar-refractivity contribution < 1.29 is 48.3 Å². The Labute approximate surface area is 213 Å². The highest BCUT2D eigenvalue weighted by atomic mass is 35.5. The average molecular weight is 519 g/mol. The number of hydrogen-bond acceptors (Lipinski definition) is 1. The number of rotatable bonds is 5. The molecule has 34 heavy (non-hydrogen) atoms. The lowest BCUT2D eigenvalue weighted by atomic mass is 9.92. The van der Waals surface area contributed by atoms with Crippen molar-refractivity contribution in [2.24, 2.45) is 0 Å². The minimum Gasteiger partial charge on any atom is -1.00 e. The van der Waals surface area contributed by atoms with Crippen LogP contribution in [0.4, 0.5) is 0 Å². The summed E-state index contributed by atoms with van der Waals surface area (Å²) in [5, 5.41) is 0. The summed E-state index contributed by atoms with van der Waals surface area (Å²) in [5.41, 5.74) is 6.32. The van der Waals surface area contributed by atoms with Gasteiger partial charge < -0.3 is 34.6 Å². The Morgan fingerprint density at radius 2 is 1.41 bits per heavy atom. The van der Waals surface area contributed by atoms with Crippen LogP contribution in [0.1, 0.15) is 23.1 Å². The van der Waals surface area contributed by atoms with Gasteiger partial charge in [0.1, 0.15) is 6.16 Å². The van der Waals surface area contributed by atoms with Gasteiger partial charge in [0, 0.05) is 41.8 Å². The van der Waals surface area contributed by atoms with Gasteiger partial charge in [0.25, 0.3) is 0 Å². The molecule has 1 aromatic carbocycles. The van der Waals surface area contributed by atoms with Crippen molar-refractivity contribution in [3.63, 3.8) is 0 Å². The van der Waals surface area contributed by atoms with Gasteiger partial charge in [-0.2, -0.15) is 9.13 Å². The van der Waals surface area contributed by atoms with E-state index in [0.29, 0.717) is 6.42 Å². The second kappa shape index (κ2) is 11.0. The first-order valence-electron chi connectivity index (χ1n) is 10.7. The maximum absolute atomic E-state index is 11.8. The fourth-order valence-corrected chi connectivity index (χ4v) is 5.78. The van der Waals surface area contributed by atoms with Crippen LogP contribution in [0.2, 0.25) is 0 Å². The van der Waals surface area contributed by atoms with Gasteiger partial charge >= 0.3 is 7.60 Å². The first-order chi connectivity index (χ1) is 15.2. The summed E-state index contributed by atoms with van der Waals surface area (Å²) >= 11 is 0. The number of pyridine rings is 2. The highest BCUT2D eigenvalue weighted by Gasteiger charge is 2.43. The van der Waals surface area contributed by atoms with E-state index in [0.717, 1.165) is 11.1 Å². The van der Waals surface area contributed by atoms with E-state index in [-0.39, 0.29) is 31.0 Å². The number of benzene rings is 1.